The number of sulfonamides is 1. The minimum Gasteiger partial charge on any atom is -0.486 e. The molecule has 1 atom stereocenters. The predicted octanol–water partition coefficient (Wildman–Crippen LogP) is 4.62. The lowest BCUT2D eigenvalue weighted by molar-refractivity contribution is -0.140. The minimum absolute atomic E-state index is 0.0511. The van der Waals surface area contributed by atoms with Gasteiger partial charge in [0.2, 0.25) is 21.8 Å². The third kappa shape index (κ3) is 7.91. The van der Waals surface area contributed by atoms with Crippen molar-refractivity contribution in [2.45, 2.75) is 64.1 Å². The van der Waals surface area contributed by atoms with Gasteiger partial charge in [-0.15, -0.1) is 0 Å². The van der Waals surface area contributed by atoms with Gasteiger partial charge in [-0.1, -0.05) is 73.9 Å². The third-order valence-corrected chi connectivity index (χ3v) is 9.46. The zero-order chi connectivity index (χ0) is 31.1. The lowest BCUT2D eigenvalue weighted by atomic mass is 9.94. The highest BCUT2D eigenvalue weighted by Gasteiger charge is 2.34. The van der Waals surface area contributed by atoms with E-state index >= 15 is 0 Å². The number of hydrogen-bond acceptors (Lipinski definition) is 6. The van der Waals surface area contributed by atoms with Crippen LogP contribution >= 0.6 is 0 Å². The third-order valence-electron chi connectivity index (χ3n) is 8.32. The van der Waals surface area contributed by atoms with Crippen LogP contribution in [0.2, 0.25) is 0 Å². The van der Waals surface area contributed by atoms with E-state index in [0.717, 1.165) is 59.4 Å². The Hall–Kier alpha value is -4.05. The quantitative estimate of drug-likeness (QED) is 0.336. The summed E-state index contributed by atoms with van der Waals surface area (Å²) in [5, 5.41) is 3.23. The van der Waals surface area contributed by atoms with Crippen molar-refractivity contribution in [3.8, 4) is 11.5 Å². The number of ether oxygens (including phenoxy) is 2. The Kier molecular flexibility index (Phi) is 10.1. The second-order valence-electron chi connectivity index (χ2n) is 11.6. The number of carbonyl (C=O) groups excluding carboxylic acids is 2. The summed E-state index contributed by atoms with van der Waals surface area (Å²) in [4.78, 5) is 30.0. The van der Waals surface area contributed by atoms with E-state index in [-0.39, 0.29) is 24.2 Å². The fourth-order valence-corrected chi connectivity index (χ4v) is 6.71. The van der Waals surface area contributed by atoms with Gasteiger partial charge in [-0.2, -0.15) is 0 Å². The topological polar surface area (TPSA) is 105 Å². The first-order chi connectivity index (χ1) is 21.2. The molecule has 9 nitrogen and oxygen atoms in total. The summed E-state index contributed by atoms with van der Waals surface area (Å²) in [6.45, 7) is 2.38. The van der Waals surface area contributed by atoms with Crippen molar-refractivity contribution in [1.29, 1.82) is 0 Å². The Bertz CT molecular complexity index is 1560. The van der Waals surface area contributed by atoms with E-state index in [2.05, 4.69) is 5.32 Å². The predicted molar refractivity (Wildman–Crippen MR) is 170 cm³/mol. The number of nitrogens with one attached hydrogen (secondary N) is 1. The van der Waals surface area contributed by atoms with Crippen LogP contribution in [-0.2, 0) is 32.6 Å². The zero-order valence-corrected chi connectivity index (χ0v) is 26.2. The number of amides is 2. The first-order valence-electron chi connectivity index (χ1n) is 15.2. The van der Waals surface area contributed by atoms with Crippen LogP contribution in [0.5, 0.6) is 11.5 Å². The van der Waals surface area contributed by atoms with Crippen LogP contribution in [-0.4, -0.2) is 63.2 Å². The molecular formula is C34H41N3O6S. The van der Waals surface area contributed by atoms with Crippen molar-refractivity contribution >= 4 is 27.5 Å². The summed E-state index contributed by atoms with van der Waals surface area (Å²) in [6, 6.07) is 21.4. The van der Waals surface area contributed by atoms with E-state index < -0.39 is 28.5 Å². The molecule has 1 fully saturated rings. The fraction of sp³-hybridized carbons (Fsp3) is 0.412. The fourth-order valence-electron chi connectivity index (χ4n) is 5.87. The van der Waals surface area contributed by atoms with Crippen molar-refractivity contribution < 1.29 is 27.5 Å². The number of rotatable bonds is 11. The second-order valence-corrected chi connectivity index (χ2v) is 13.5. The molecule has 1 N–H and O–H groups in total. The average molecular weight is 620 g/mol. The highest BCUT2D eigenvalue weighted by molar-refractivity contribution is 7.92. The summed E-state index contributed by atoms with van der Waals surface area (Å²) in [6.07, 6.45) is 6.43. The number of anilines is 1. The number of carbonyl (C=O) groups is 2. The number of aryl methyl sites for hydroxylation is 1. The van der Waals surface area contributed by atoms with E-state index in [9.17, 15) is 18.0 Å². The van der Waals surface area contributed by atoms with Gasteiger partial charge in [0.15, 0.2) is 11.5 Å². The van der Waals surface area contributed by atoms with Crippen molar-refractivity contribution in [3.63, 3.8) is 0 Å². The van der Waals surface area contributed by atoms with Gasteiger partial charge in [0, 0.05) is 25.1 Å². The summed E-state index contributed by atoms with van der Waals surface area (Å²) in [5.74, 6) is 0.227. The molecule has 2 aliphatic rings. The number of fused-ring (bicyclic) bond motifs is 1. The molecule has 1 aliphatic carbocycles. The molecule has 44 heavy (non-hydrogen) atoms. The molecule has 5 rings (SSSR count). The Labute approximate surface area is 260 Å². The Morgan fingerprint density at radius 3 is 2.30 bits per heavy atom. The molecule has 1 aliphatic heterocycles. The van der Waals surface area contributed by atoms with Gasteiger partial charge in [0.25, 0.3) is 0 Å². The SMILES string of the molecule is Cc1ccccc1CN(C(=O)CN(c1ccc2c(c1)OCCO2)S(C)(=O)=O)C(Cc1ccccc1)C(=O)NC1CCCCC1. The van der Waals surface area contributed by atoms with E-state index in [0.29, 0.717) is 31.1 Å². The van der Waals surface area contributed by atoms with Gasteiger partial charge < -0.3 is 19.7 Å². The Balaban J connectivity index is 1.51. The lowest BCUT2D eigenvalue weighted by Gasteiger charge is -2.35. The maximum Gasteiger partial charge on any atom is 0.244 e. The van der Waals surface area contributed by atoms with E-state index in [1.807, 2.05) is 61.5 Å². The normalized spacial score (nSPS) is 15.7. The second kappa shape index (κ2) is 14.2. The van der Waals surface area contributed by atoms with Crippen LogP contribution in [0.3, 0.4) is 0 Å². The van der Waals surface area contributed by atoms with Crippen LogP contribution in [0.1, 0.15) is 48.8 Å². The lowest BCUT2D eigenvalue weighted by Crippen LogP contribution is -2.55. The smallest absolute Gasteiger partial charge is 0.244 e. The van der Waals surface area contributed by atoms with E-state index in [4.69, 9.17) is 9.47 Å². The Morgan fingerprint density at radius 2 is 1.59 bits per heavy atom. The molecule has 0 spiro atoms. The largest absolute Gasteiger partial charge is 0.486 e. The Morgan fingerprint density at radius 1 is 0.909 bits per heavy atom. The molecule has 1 saturated carbocycles. The van der Waals surface area contributed by atoms with Crippen LogP contribution in [0.25, 0.3) is 0 Å². The van der Waals surface area contributed by atoms with Crippen LogP contribution in [0.15, 0.2) is 72.8 Å². The molecule has 0 radical (unpaired) electrons. The molecule has 0 aromatic heterocycles. The molecule has 1 heterocycles. The van der Waals surface area contributed by atoms with Crippen molar-refractivity contribution in [2.75, 3.05) is 30.3 Å². The molecule has 0 saturated heterocycles. The molecule has 3 aromatic carbocycles. The minimum atomic E-state index is -3.89. The van der Waals surface area contributed by atoms with Gasteiger partial charge in [-0.3, -0.25) is 13.9 Å². The number of hydrogen-bond donors (Lipinski definition) is 1. The molecule has 10 heteroatoms. The highest BCUT2D eigenvalue weighted by atomic mass is 32.2. The van der Waals surface area contributed by atoms with Crippen LogP contribution in [0, 0.1) is 6.92 Å². The molecule has 1 unspecified atom stereocenters. The maximum atomic E-state index is 14.4. The van der Waals surface area contributed by atoms with Gasteiger partial charge >= 0.3 is 0 Å². The highest BCUT2D eigenvalue weighted by Crippen LogP contribution is 2.35. The van der Waals surface area contributed by atoms with E-state index in [1.165, 1.54) is 0 Å². The molecule has 0 bridgehead atoms. The van der Waals surface area contributed by atoms with Gasteiger partial charge in [-0.05, 0) is 48.6 Å². The molecular weight excluding hydrogens is 578 g/mol. The number of benzene rings is 3. The van der Waals surface area contributed by atoms with Crippen molar-refractivity contribution in [2.24, 2.45) is 0 Å². The zero-order valence-electron chi connectivity index (χ0n) is 25.4. The summed E-state index contributed by atoms with van der Waals surface area (Å²) < 4.78 is 38.6. The standard InChI is InChI=1S/C34H41N3O6S/c1-25-11-9-10-14-27(25)23-36(30(21-26-12-5-3-6-13-26)34(39)35-28-15-7-4-8-16-28)33(38)24-37(44(2,40)41)29-17-18-31-32(22-29)43-20-19-42-31/h3,5-6,9-14,17-18,22,28,30H,4,7-8,15-16,19-21,23-24H2,1-2H3,(H,35,39). The van der Waals surface area contributed by atoms with Crippen molar-refractivity contribution in [3.05, 3.63) is 89.5 Å². The van der Waals surface area contributed by atoms with Crippen molar-refractivity contribution in [1.82, 2.24) is 10.2 Å². The first-order valence-corrected chi connectivity index (χ1v) is 17.1. The first kappa shape index (κ1) is 31.4. The maximum absolute atomic E-state index is 14.4. The van der Waals surface area contributed by atoms with E-state index in [1.54, 1.807) is 23.1 Å². The van der Waals surface area contributed by atoms with Crippen LogP contribution < -0.4 is 19.1 Å². The molecule has 234 valence electrons. The summed E-state index contributed by atoms with van der Waals surface area (Å²) in [7, 11) is -3.89. The average Bonchev–Trinajstić information content (AvgIpc) is 3.02. The molecule has 3 aromatic rings. The van der Waals surface area contributed by atoms with Gasteiger partial charge in [0.1, 0.15) is 25.8 Å². The van der Waals surface area contributed by atoms with Crippen LogP contribution in [0.4, 0.5) is 5.69 Å². The van der Waals surface area contributed by atoms with Gasteiger partial charge in [0.05, 0.1) is 11.9 Å². The monoisotopic (exact) mass is 619 g/mol. The molecule has 2 amide bonds. The number of nitrogens with zero attached hydrogens (tertiary/aromatic N) is 2. The van der Waals surface area contributed by atoms with Gasteiger partial charge in [-0.25, -0.2) is 8.42 Å². The summed E-state index contributed by atoms with van der Waals surface area (Å²) in [5.41, 5.74) is 3.05. The summed E-state index contributed by atoms with van der Waals surface area (Å²) >= 11 is 0.